The maximum absolute atomic E-state index is 13.9. The molecule has 18 heavy (non-hydrogen) atoms. The van der Waals surface area contributed by atoms with Crippen molar-refractivity contribution in [3.8, 4) is 0 Å². The second-order valence-electron chi connectivity index (χ2n) is 3.87. The summed E-state index contributed by atoms with van der Waals surface area (Å²) in [4.78, 5) is 1.57. The van der Waals surface area contributed by atoms with Crippen LogP contribution >= 0.6 is 0 Å². The Balaban J connectivity index is 2.37. The molecule has 0 unspecified atom stereocenters. The number of oxime groups is 1. The normalized spacial score (nSPS) is 17.0. The van der Waals surface area contributed by atoms with Crippen molar-refractivity contribution in [1.29, 1.82) is 0 Å². The molecule has 0 bridgehead atoms. The minimum absolute atomic E-state index is 0.00418. The van der Waals surface area contributed by atoms with Gasteiger partial charge in [-0.15, -0.1) is 0 Å². The molecule has 1 aliphatic rings. The van der Waals surface area contributed by atoms with Crippen LogP contribution in [0.1, 0.15) is 5.56 Å². The van der Waals surface area contributed by atoms with Crippen molar-refractivity contribution in [1.82, 2.24) is 0 Å². The molecule has 0 spiro atoms. The zero-order valence-corrected chi connectivity index (χ0v) is 9.57. The number of anilines is 1. The lowest BCUT2D eigenvalue weighted by atomic mass is 10.1. The van der Waals surface area contributed by atoms with Crippen LogP contribution in [0.25, 0.3) is 0 Å². The summed E-state index contributed by atoms with van der Waals surface area (Å²) in [6.07, 6.45) is 0. The zero-order chi connectivity index (χ0) is 13.1. The van der Waals surface area contributed by atoms with E-state index in [1.807, 2.05) is 0 Å². The first-order valence-electron chi connectivity index (χ1n) is 5.43. The quantitative estimate of drug-likeness (QED) is 0.357. The van der Waals surface area contributed by atoms with Gasteiger partial charge in [-0.2, -0.15) is 0 Å². The summed E-state index contributed by atoms with van der Waals surface area (Å²) in [5.74, 6) is -1.81. The first-order chi connectivity index (χ1) is 8.63. The maximum atomic E-state index is 13.9. The molecule has 1 aromatic carbocycles. The van der Waals surface area contributed by atoms with E-state index in [9.17, 15) is 8.78 Å². The Labute approximate surface area is 102 Å². The van der Waals surface area contributed by atoms with Gasteiger partial charge >= 0.3 is 0 Å². The van der Waals surface area contributed by atoms with Crippen molar-refractivity contribution < 1.29 is 18.7 Å². The number of halogens is 2. The summed E-state index contributed by atoms with van der Waals surface area (Å²) in [7, 11) is 0. The van der Waals surface area contributed by atoms with Crippen molar-refractivity contribution >= 4 is 11.5 Å². The summed E-state index contributed by atoms with van der Waals surface area (Å²) < 4.78 is 32.9. The van der Waals surface area contributed by atoms with Crippen LogP contribution in [0, 0.1) is 11.6 Å². The molecule has 1 fully saturated rings. The number of morpholine rings is 1. The smallest absolute Gasteiger partial charge is 0.170 e. The Kier molecular flexibility index (Phi) is 3.61. The van der Waals surface area contributed by atoms with E-state index in [1.165, 1.54) is 0 Å². The van der Waals surface area contributed by atoms with Gasteiger partial charge < -0.3 is 20.6 Å². The van der Waals surface area contributed by atoms with E-state index >= 15 is 0 Å². The number of ether oxygens (including phenoxy) is 1. The number of rotatable bonds is 2. The monoisotopic (exact) mass is 257 g/mol. The molecule has 98 valence electrons. The van der Waals surface area contributed by atoms with Crippen molar-refractivity contribution in [3.63, 3.8) is 0 Å². The predicted octanol–water partition coefficient (Wildman–Crippen LogP) is 0.896. The second kappa shape index (κ2) is 5.18. The average Bonchev–Trinajstić information content (AvgIpc) is 2.38. The number of amidine groups is 1. The molecule has 0 aromatic heterocycles. The molecule has 0 saturated carbocycles. The molecule has 1 aliphatic heterocycles. The SMILES string of the molecule is N/C(=N/O)c1cc(F)c(N2CCOCC2)c(F)c1. The predicted molar refractivity (Wildman–Crippen MR) is 61.9 cm³/mol. The molecule has 0 atom stereocenters. The molecule has 7 heteroatoms. The van der Waals surface area contributed by atoms with Gasteiger partial charge in [0, 0.05) is 18.7 Å². The summed E-state index contributed by atoms with van der Waals surface area (Å²) in [6.45, 7) is 1.72. The Morgan fingerprint density at radius 3 is 2.33 bits per heavy atom. The van der Waals surface area contributed by atoms with Gasteiger partial charge in [-0.1, -0.05) is 5.16 Å². The van der Waals surface area contributed by atoms with Crippen LogP contribution in [0.3, 0.4) is 0 Å². The van der Waals surface area contributed by atoms with Crippen molar-refractivity contribution in [2.75, 3.05) is 31.2 Å². The van der Waals surface area contributed by atoms with Gasteiger partial charge in [0.15, 0.2) is 5.84 Å². The van der Waals surface area contributed by atoms with E-state index in [2.05, 4.69) is 5.16 Å². The minimum Gasteiger partial charge on any atom is -0.409 e. The van der Waals surface area contributed by atoms with Gasteiger partial charge in [-0.3, -0.25) is 0 Å². The van der Waals surface area contributed by atoms with Gasteiger partial charge in [0.25, 0.3) is 0 Å². The van der Waals surface area contributed by atoms with Crippen LogP contribution < -0.4 is 10.6 Å². The highest BCUT2D eigenvalue weighted by atomic mass is 19.1. The second-order valence-corrected chi connectivity index (χ2v) is 3.87. The summed E-state index contributed by atoms with van der Waals surface area (Å²) >= 11 is 0. The highest BCUT2D eigenvalue weighted by Crippen LogP contribution is 2.25. The molecular formula is C11H13F2N3O2. The first-order valence-corrected chi connectivity index (χ1v) is 5.43. The number of nitrogens with zero attached hydrogens (tertiary/aromatic N) is 2. The van der Waals surface area contributed by atoms with Gasteiger partial charge in [0.2, 0.25) is 0 Å². The molecular weight excluding hydrogens is 244 g/mol. The molecule has 1 heterocycles. The van der Waals surface area contributed by atoms with Crippen LogP contribution in [-0.2, 0) is 4.74 Å². The minimum atomic E-state index is -0.738. The molecule has 0 amide bonds. The Morgan fingerprint density at radius 1 is 1.28 bits per heavy atom. The zero-order valence-electron chi connectivity index (χ0n) is 9.57. The number of hydrogen-bond acceptors (Lipinski definition) is 4. The fourth-order valence-corrected chi connectivity index (χ4v) is 1.86. The maximum Gasteiger partial charge on any atom is 0.170 e. The van der Waals surface area contributed by atoms with Crippen LogP contribution in [0.15, 0.2) is 17.3 Å². The van der Waals surface area contributed by atoms with E-state index in [-0.39, 0.29) is 17.1 Å². The molecule has 3 N–H and O–H groups in total. The summed E-state index contributed by atoms with van der Waals surface area (Å²) in [5, 5.41) is 11.2. The molecule has 1 saturated heterocycles. The van der Waals surface area contributed by atoms with E-state index in [0.717, 1.165) is 12.1 Å². The van der Waals surface area contributed by atoms with Crippen LogP contribution in [0.5, 0.6) is 0 Å². The highest BCUT2D eigenvalue weighted by Gasteiger charge is 2.20. The van der Waals surface area contributed by atoms with Crippen LogP contribution in [-0.4, -0.2) is 37.3 Å². The van der Waals surface area contributed by atoms with Crippen LogP contribution in [0.4, 0.5) is 14.5 Å². The average molecular weight is 257 g/mol. The first kappa shape index (κ1) is 12.6. The van der Waals surface area contributed by atoms with Gasteiger partial charge in [-0.05, 0) is 12.1 Å². The standard InChI is InChI=1S/C11H13F2N3O2/c12-8-5-7(11(14)15-17)6-9(13)10(8)16-1-3-18-4-2-16/h5-6,17H,1-4H2,(H2,14,15). The van der Waals surface area contributed by atoms with E-state index in [1.54, 1.807) is 4.90 Å². The number of hydrogen-bond donors (Lipinski definition) is 2. The Bertz CT molecular complexity index is 450. The highest BCUT2D eigenvalue weighted by molar-refractivity contribution is 5.97. The fourth-order valence-electron chi connectivity index (χ4n) is 1.86. The fraction of sp³-hybridized carbons (Fsp3) is 0.364. The van der Waals surface area contributed by atoms with Crippen molar-refractivity contribution in [2.45, 2.75) is 0 Å². The van der Waals surface area contributed by atoms with E-state index in [0.29, 0.717) is 26.3 Å². The third kappa shape index (κ3) is 2.35. The third-order valence-corrected chi connectivity index (χ3v) is 2.75. The lowest BCUT2D eigenvalue weighted by Gasteiger charge is -2.29. The largest absolute Gasteiger partial charge is 0.409 e. The number of nitrogens with two attached hydrogens (primary N) is 1. The van der Waals surface area contributed by atoms with Crippen molar-refractivity contribution in [3.05, 3.63) is 29.3 Å². The van der Waals surface area contributed by atoms with Gasteiger partial charge in [0.1, 0.15) is 17.3 Å². The van der Waals surface area contributed by atoms with E-state index < -0.39 is 11.6 Å². The molecule has 5 nitrogen and oxygen atoms in total. The Morgan fingerprint density at radius 2 is 1.83 bits per heavy atom. The molecule has 0 aliphatic carbocycles. The third-order valence-electron chi connectivity index (χ3n) is 2.75. The number of benzene rings is 1. The molecule has 0 radical (unpaired) electrons. The Hall–Kier alpha value is -1.89. The van der Waals surface area contributed by atoms with Gasteiger partial charge in [0.05, 0.1) is 13.2 Å². The lowest BCUT2D eigenvalue weighted by molar-refractivity contribution is 0.122. The topological polar surface area (TPSA) is 71.1 Å². The van der Waals surface area contributed by atoms with Crippen LogP contribution in [0.2, 0.25) is 0 Å². The lowest BCUT2D eigenvalue weighted by Crippen LogP contribution is -2.37. The summed E-state index contributed by atoms with van der Waals surface area (Å²) in [6, 6.07) is 2.09. The molecule has 2 rings (SSSR count). The van der Waals surface area contributed by atoms with Gasteiger partial charge in [-0.25, -0.2) is 8.78 Å². The van der Waals surface area contributed by atoms with Crippen molar-refractivity contribution in [2.24, 2.45) is 10.9 Å². The molecule has 1 aromatic rings. The van der Waals surface area contributed by atoms with E-state index in [4.69, 9.17) is 15.7 Å². The summed E-state index contributed by atoms with van der Waals surface area (Å²) in [5.41, 5.74) is 5.19.